The number of hydrogen-bond acceptors (Lipinski definition) is 4. The fraction of sp³-hybridized carbons (Fsp3) is 0.800. The second kappa shape index (κ2) is 6.82. The van der Waals surface area contributed by atoms with Crippen molar-refractivity contribution >= 4 is 11.3 Å². The van der Waals surface area contributed by atoms with Gasteiger partial charge in [-0.3, -0.25) is 0 Å². The predicted molar refractivity (Wildman–Crippen MR) is 80.6 cm³/mol. The lowest BCUT2D eigenvalue weighted by atomic mass is 9.85. The molecule has 108 valence electrons. The Kier molecular flexibility index (Phi) is 5.37. The molecule has 0 aromatic carbocycles. The van der Waals surface area contributed by atoms with Crippen molar-refractivity contribution in [2.45, 2.75) is 64.0 Å². The summed E-state index contributed by atoms with van der Waals surface area (Å²) in [6, 6.07) is 0.336. The van der Waals surface area contributed by atoms with Gasteiger partial charge in [0.25, 0.3) is 0 Å². The Morgan fingerprint density at radius 3 is 2.79 bits per heavy atom. The highest BCUT2D eigenvalue weighted by Crippen LogP contribution is 2.41. The van der Waals surface area contributed by atoms with E-state index < -0.39 is 0 Å². The molecule has 1 aromatic rings. The Hall–Kier alpha value is -0.450. The minimum absolute atomic E-state index is 0.106. The van der Waals surface area contributed by atoms with Crippen LogP contribution in [0.15, 0.2) is 5.38 Å². The molecule has 0 bridgehead atoms. The van der Waals surface area contributed by atoms with Crippen LogP contribution in [0, 0.1) is 0 Å². The normalized spacial score (nSPS) is 20.4. The molecule has 1 N–H and O–H groups in total. The molecule has 1 aliphatic rings. The first-order valence-electron chi connectivity index (χ1n) is 7.46. The standard InChI is InChI=1S/C15H26N2OS/c1-4-10-16-12(2)13-11-19-14(17-13)15(18-3)8-6-5-7-9-15/h11-12,16H,4-10H2,1-3H3. The molecule has 0 aliphatic heterocycles. The molecule has 1 heterocycles. The van der Waals surface area contributed by atoms with Crippen molar-refractivity contribution in [2.24, 2.45) is 0 Å². The van der Waals surface area contributed by atoms with Crippen molar-refractivity contribution in [1.29, 1.82) is 0 Å². The summed E-state index contributed by atoms with van der Waals surface area (Å²) < 4.78 is 5.87. The number of thiazole rings is 1. The number of methoxy groups -OCH3 is 1. The Labute approximate surface area is 120 Å². The van der Waals surface area contributed by atoms with Gasteiger partial charge < -0.3 is 10.1 Å². The smallest absolute Gasteiger partial charge is 0.125 e. The van der Waals surface area contributed by atoms with E-state index in [1.54, 1.807) is 11.3 Å². The third-order valence-corrected chi connectivity index (χ3v) is 5.15. The molecule has 0 radical (unpaired) electrons. The molecule has 1 atom stereocenters. The first-order chi connectivity index (χ1) is 9.22. The summed E-state index contributed by atoms with van der Waals surface area (Å²) >= 11 is 1.77. The van der Waals surface area contributed by atoms with Crippen LogP contribution in [-0.2, 0) is 10.3 Å². The molecule has 1 unspecified atom stereocenters. The molecule has 1 fully saturated rings. The Morgan fingerprint density at radius 2 is 2.16 bits per heavy atom. The van der Waals surface area contributed by atoms with Crippen molar-refractivity contribution in [3.8, 4) is 0 Å². The molecule has 1 aliphatic carbocycles. The van der Waals surface area contributed by atoms with Gasteiger partial charge in [0.1, 0.15) is 10.6 Å². The summed E-state index contributed by atoms with van der Waals surface area (Å²) in [7, 11) is 1.84. The molecule has 1 saturated carbocycles. The lowest BCUT2D eigenvalue weighted by Gasteiger charge is -2.34. The van der Waals surface area contributed by atoms with Gasteiger partial charge in [-0.1, -0.05) is 26.2 Å². The minimum atomic E-state index is -0.106. The van der Waals surface area contributed by atoms with Crippen LogP contribution >= 0.6 is 11.3 Å². The van der Waals surface area contributed by atoms with Crippen molar-refractivity contribution in [1.82, 2.24) is 10.3 Å². The molecular weight excluding hydrogens is 256 g/mol. The van der Waals surface area contributed by atoms with E-state index in [1.165, 1.54) is 24.3 Å². The molecule has 2 rings (SSSR count). The van der Waals surface area contributed by atoms with Crippen LogP contribution < -0.4 is 5.32 Å². The average molecular weight is 282 g/mol. The lowest BCUT2D eigenvalue weighted by molar-refractivity contribution is -0.0447. The zero-order valence-corrected chi connectivity index (χ0v) is 13.2. The van der Waals surface area contributed by atoms with Crippen LogP contribution in [0.4, 0.5) is 0 Å². The van der Waals surface area contributed by atoms with Crippen molar-refractivity contribution in [3.63, 3.8) is 0 Å². The molecule has 1 aromatic heterocycles. The summed E-state index contributed by atoms with van der Waals surface area (Å²) in [6.07, 6.45) is 7.24. The Bertz CT molecular complexity index is 385. The van der Waals surface area contributed by atoms with E-state index in [0.717, 1.165) is 31.5 Å². The number of nitrogens with zero attached hydrogens (tertiary/aromatic N) is 1. The summed E-state index contributed by atoms with van der Waals surface area (Å²) in [5.41, 5.74) is 1.06. The average Bonchev–Trinajstić information content (AvgIpc) is 2.96. The fourth-order valence-electron chi connectivity index (χ4n) is 2.79. The highest BCUT2D eigenvalue weighted by atomic mass is 32.1. The van der Waals surface area contributed by atoms with Gasteiger partial charge in [-0.2, -0.15) is 0 Å². The van der Waals surface area contributed by atoms with E-state index in [0.29, 0.717) is 6.04 Å². The van der Waals surface area contributed by atoms with Gasteiger partial charge in [0.2, 0.25) is 0 Å². The number of nitrogens with one attached hydrogen (secondary N) is 1. The zero-order valence-electron chi connectivity index (χ0n) is 12.4. The summed E-state index contributed by atoms with van der Waals surface area (Å²) in [4.78, 5) is 4.86. The summed E-state index contributed by atoms with van der Waals surface area (Å²) in [6.45, 7) is 5.42. The van der Waals surface area contributed by atoms with Crippen LogP contribution in [0.1, 0.15) is 69.1 Å². The van der Waals surface area contributed by atoms with E-state index in [1.807, 2.05) is 7.11 Å². The first-order valence-corrected chi connectivity index (χ1v) is 8.34. The van der Waals surface area contributed by atoms with E-state index in [4.69, 9.17) is 9.72 Å². The molecule has 3 nitrogen and oxygen atoms in total. The maximum atomic E-state index is 5.87. The fourth-order valence-corrected chi connectivity index (χ4v) is 3.94. The van der Waals surface area contributed by atoms with Gasteiger partial charge in [0.05, 0.1) is 5.69 Å². The highest BCUT2D eigenvalue weighted by Gasteiger charge is 2.36. The van der Waals surface area contributed by atoms with Crippen LogP contribution in [-0.4, -0.2) is 18.6 Å². The zero-order chi connectivity index (χ0) is 13.7. The molecule has 19 heavy (non-hydrogen) atoms. The third kappa shape index (κ3) is 3.36. The van der Waals surface area contributed by atoms with Crippen molar-refractivity contribution in [3.05, 3.63) is 16.1 Å². The van der Waals surface area contributed by atoms with Crippen molar-refractivity contribution < 1.29 is 4.74 Å². The molecule has 0 amide bonds. The van der Waals surface area contributed by atoms with E-state index in [2.05, 4.69) is 24.5 Å². The SMILES string of the molecule is CCCNC(C)c1csc(C2(OC)CCCCC2)n1. The summed E-state index contributed by atoms with van der Waals surface area (Å²) in [5.74, 6) is 0. The third-order valence-electron chi connectivity index (χ3n) is 4.11. The van der Waals surface area contributed by atoms with Gasteiger partial charge in [0, 0.05) is 18.5 Å². The van der Waals surface area contributed by atoms with Crippen LogP contribution in [0.25, 0.3) is 0 Å². The molecular formula is C15H26N2OS. The molecule has 0 spiro atoms. The monoisotopic (exact) mass is 282 g/mol. The Balaban J connectivity index is 2.10. The van der Waals surface area contributed by atoms with E-state index in [9.17, 15) is 0 Å². The van der Waals surface area contributed by atoms with Gasteiger partial charge in [-0.25, -0.2) is 4.98 Å². The van der Waals surface area contributed by atoms with Crippen molar-refractivity contribution in [2.75, 3.05) is 13.7 Å². The topological polar surface area (TPSA) is 34.1 Å². The van der Waals surface area contributed by atoms with Gasteiger partial charge in [-0.05, 0) is 32.7 Å². The van der Waals surface area contributed by atoms with Gasteiger partial charge in [-0.15, -0.1) is 11.3 Å². The van der Waals surface area contributed by atoms with E-state index >= 15 is 0 Å². The largest absolute Gasteiger partial charge is 0.371 e. The van der Waals surface area contributed by atoms with Crippen LogP contribution in [0.2, 0.25) is 0 Å². The maximum Gasteiger partial charge on any atom is 0.125 e. The quantitative estimate of drug-likeness (QED) is 0.856. The number of ether oxygens (including phenoxy) is 1. The first kappa shape index (κ1) is 14.9. The van der Waals surface area contributed by atoms with Crippen LogP contribution in [0.5, 0.6) is 0 Å². The Morgan fingerprint density at radius 1 is 1.42 bits per heavy atom. The second-order valence-electron chi connectivity index (χ2n) is 5.51. The predicted octanol–water partition coefficient (Wildman–Crippen LogP) is 4.01. The minimum Gasteiger partial charge on any atom is -0.371 e. The summed E-state index contributed by atoms with van der Waals surface area (Å²) in [5, 5.41) is 6.87. The second-order valence-corrected chi connectivity index (χ2v) is 6.37. The lowest BCUT2D eigenvalue weighted by Crippen LogP contribution is -2.31. The van der Waals surface area contributed by atoms with E-state index in [-0.39, 0.29) is 5.60 Å². The number of aromatic nitrogens is 1. The van der Waals surface area contributed by atoms with Gasteiger partial charge >= 0.3 is 0 Å². The van der Waals surface area contributed by atoms with Crippen LogP contribution in [0.3, 0.4) is 0 Å². The molecule has 0 saturated heterocycles. The van der Waals surface area contributed by atoms with Gasteiger partial charge in [0.15, 0.2) is 0 Å². The maximum absolute atomic E-state index is 5.87. The highest BCUT2D eigenvalue weighted by molar-refractivity contribution is 7.09. The molecule has 4 heteroatoms. The number of rotatable bonds is 6. The number of hydrogen-bond donors (Lipinski definition) is 1.